The van der Waals surface area contributed by atoms with Crippen molar-refractivity contribution in [2.24, 2.45) is 5.10 Å². The second-order valence-corrected chi connectivity index (χ2v) is 8.50. The highest BCUT2D eigenvalue weighted by molar-refractivity contribution is 7.99. The lowest BCUT2D eigenvalue weighted by Gasteiger charge is -2.10. The van der Waals surface area contributed by atoms with Gasteiger partial charge in [-0.1, -0.05) is 65.3 Å². The lowest BCUT2D eigenvalue weighted by Crippen LogP contribution is -2.20. The minimum atomic E-state index is -0.311. The number of hydrogen-bond acceptors (Lipinski definition) is 6. The number of amides is 1. The van der Waals surface area contributed by atoms with E-state index in [0.29, 0.717) is 21.6 Å². The first kappa shape index (κ1) is 22.6. The number of carbonyl (C=O) groups is 1. The van der Waals surface area contributed by atoms with Crippen molar-refractivity contribution in [3.63, 3.8) is 0 Å². The molecule has 0 aliphatic heterocycles. The van der Waals surface area contributed by atoms with E-state index >= 15 is 0 Å². The molecule has 4 aromatic rings. The Morgan fingerprint density at radius 1 is 1.09 bits per heavy atom. The number of nitrogens with one attached hydrogen (secondary N) is 1. The fourth-order valence-electron chi connectivity index (χ4n) is 3.01. The van der Waals surface area contributed by atoms with Crippen LogP contribution in [-0.2, 0) is 4.79 Å². The van der Waals surface area contributed by atoms with E-state index in [0.717, 1.165) is 16.8 Å². The molecule has 0 aliphatic carbocycles. The number of phenols is 1. The van der Waals surface area contributed by atoms with Gasteiger partial charge in [0.2, 0.25) is 0 Å². The van der Waals surface area contributed by atoms with Crippen LogP contribution in [0.15, 0.2) is 83.1 Å². The van der Waals surface area contributed by atoms with Crippen LogP contribution in [0.5, 0.6) is 5.75 Å². The van der Waals surface area contributed by atoms with E-state index < -0.39 is 0 Å². The highest BCUT2D eigenvalue weighted by Gasteiger charge is 2.17. The van der Waals surface area contributed by atoms with Gasteiger partial charge in [0.15, 0.2) is 11.0 Å². The van der Waals surface area contributed by atoms with E-state index in [1.165, 1.54) is 18.0 Å². The van der Waals surface area contributed by atoms with E-state index in [1.54, 1.807) is 36.4 Å². The van der Waals surface area contributed by atoms with Crippen LogP contribution in [0, 0.1) is 6.92 Å². The first-order chi connectivity index (χ1) is 16.0. The lowest BCUT2D eigenvalue weighted by atomic mass is 10.1. The molecule has 33 heavy (non-hydrogen) atoms. The zero-order valence-corrected chi connectivity index (χ0v) is 19.2. The van der Waals surface area contributed by atoms with Gasteiger partial charge in [-0.3, -0.25) is 9.36 Å². The maximum Gasteiger partial charge on any atom is 0.250 e. The van der Waals surface area contributed by atoms with Crippen LogP contribution >= 0.6 is 23.4 Å². The third-order valence-corrected chi connectivity index (χ3v) is 5.87. The van der Waals surface area contributed by atoms with Gasteiger partial charge in [-0.05, 0) is 43.3 Å². The lowest BCUT2D eigenvalue weighted by molar-refractivity contribution is -0.118. The summed E-state index contributed by atoms with van der Waals surface area (Å²) >= 11 is 7.31. The average Bonchev–Trinajstić information content (AvgIpc) is 3.24. The number of benzene rings is 3. The predicted molar refractivity (Wildman–Crippen MR) is 131 cm³/mol. The van der Waals surface area contributed by atoms with Crippen molar-refractivity contribution in [2.45, 2.75) is 12.1 Å². The predicted octanol–water partition coefficient (Wildman–Crippen LogP) is 4.84. The van der Waals surface area contributed by atoms with Crippen LogP contribution in [0.4, 0.5) is 0 Å². The molecule has 3 aromatic carbocycles. The highest BCUT2D eigenvalue weighted by atomic mass is 35.5. The summed E-state index contributed by atoms with van der Waals surface area (Å²) in [5.74, 6) is 0.522. The number of aromatic hydroxyl groups is 1. The van der Waals surface area contributed by atoms with Gasteiger partial charge in [0, 0.05) is 21.8 Å². The normalized spacial score (nSPS) is 11.1. The number of halogens is 1. The zero-order chi connectivity index (χ0) is 23.2. The monoisotopic (exact) mass is 477 g/mol. The summed E-state index contributed by atoms with van der Waals surface area (Å²) in [7, 11) is 0. The van der Waals surface area contributed by atoms with Crippen LogP contribution in [0.1, 0.15) is 11.1 Å². The molecule has 9 heteroatoms. The number of aromatic nitrogens is 3. The van der Waals surface area contributed by atoms with Crippen molar-refractivity contribution in [2.75, 3.05) is 5.75 Å². The summed E-state index contributed by atoms with van der Waals surface area (Å²) in [5, 5.41) is 23.5. The minimum Gasteiger partial charge on any atom is -0.507 e. The number of carbonyl (C=O) groups excluding carboxylic acids is 1. The third kappa shape index (κ3) is 5.60. The van der Waals surface area contributed by atoms with E-state index in [9.17, 15) is 9.90 Å². The Kier molecular flexibility index (Phi) is 7.07. The number of phenolic OH excluding ortho intramolecular Hbond substituents is 1. The molecular formula is C24H20ClN5O2S. The molecule has 0 aliphatic rings. The maximum absolute atomic E-state index is 12.3. The molecule has 1 heterocycles. The Hall–Kier alpha value is -3.62. The second-order valence-electron chi connectivity index (χ2n) is 7.12. The van der Waals surface area contributed by atoms with Crippen molar-refractivity contribution >= 4 is 35.5 Å². The first-order valence-corrected chi connectivity index (χ1v) is 11.4. The maximum atomic E-state index is 12.3. The van der Waals surface area contributed by atoms with Crippen LogP contribution in [0.3, 0.4) is 0 Å². The highest BCUT2D eigenvalue weighted by Crippen LogP contribution is 2.28. The minimum absolute atomic E-state index is 0.0811. The Morgan fingerprint density at radius 2 is 1.82 bits per heavy atom. The van der Waals surface area contributed by atoms with Gasteiger partial charge in [0.25, 0.3) is 5.91 Å². The zero-order valence-electron chi connectivity index (χ0n) is 17.6. The first-order valence-electron chi connectivity index (χ1n) is 10.0. The van der Waals surface area contributed by atoms with Crippen LogP contribution in [0.2, 0.25) is 5.02 Å². The van der Waals surface area contributed by atoms with Gasteiger partial charge in [-0.15, -0.1) is 10.2 Å². The molecule has 0 bridgehead atoms. The summed E-state index contributed by atoms with van der Waals surface area (Å²) in [4.78, 5) is 12.3. The Bertz CT molecular complexity index is 1290. The molecule has 166 valence electrons. The summed E-state index contributed by atoms with van der Waals surface area (Å²) in [6.45, 7) is 2.02. The number of rotatable bonds is 7. The standard InChI is InChI=1S/C24H20ClN5O2S/c1-16-6-8-17(9-7-16)23-28-29-24(30(23)20-12-10-19(25)11-13-20)33-15-22(32)27-26-14-18-4-2-3-5-21(18)31/h2-14,31H,15H2,1H3,(H,27,32). The topological polar surface area (TPSA) is 92.4 Å². The summed E-state index contributed by atoms with van der Waals surface area (Å²) < 4.78 is 1.89. The largest absolute Gasteiger partial charge is 0.507 e. The number of para-hydroxylation sites is 1. The molecule has 0 unspecified atom stereocenters. The Labute approximate surface area is 200 Å². The van der Waals surface area contributed by atoms with Gasteiger partial charge >= 0.3 is 0 Å². The fraction of sp³-hybridized carbons (Fsp3) is 0.0833. The van der Waals surface area contributed by atoms with Crippen molar-refractivity contribution in [1.82, 2.24) is 20.2 Å². The second kappa shape index (κ2) is 10.3. The van der Waals surface area contributed by atoms with Crippen LogP contribution < -0.4 is 5.43 Å². The van der Waals surface area contributed by atoms with Crippen molar-refractivity contribution in [1.29, 1.82) is 0 Å². The molecule has 0 saturated carbocycles. The smallest absolute Gasteiger partial charge is 0.250 e. The van der Waals surface area contributed by atoms with Gasteiger partial charge < -0.3 is 5.11 Å². The quantitative estimate of drug-likeness (QED) is 0.225. The fourth-order valence-corrected chi connectivity index (χ4v) is 3.88. The molecule has 2 N–H and O–H groups in total. The Balaban J connectivity index is 1.52. The summed E-state index contributed by atoms with van der Waals surface area (Å²) in [6, 6.07) is 22.1. The van der Waals surface area contributed by atoms with Crippen molar-refractivity contribution in [3.8, 4) is 22.8 Å². The third-order valence-electron chi connectivity index (χ3n) is 4.69. The van der Waals surface area contributed by atoms with Crippen molar-refractivity contribution in [3.05, 3.63) is 88.9 Å². The summed E-state index contributed by atoms with van der Waals surface area (Å²) in [6.07, 6.45) is 1.39. The SMILES string of the molecule is Cc1ccc(-c2nnc(SCC(=O)NN=Cc3ccccc3O)n2-c2ccc(Cl)cc2)cc1. The molecule has 4 rings (SSSR count). The molecule has 0 fully saturated rings. The molecule has 0 radical (unpaired) electrons. The van der Waals surface area contributed by atoms with Crippen molar-refractivity contribution < 1.29 is 9.90 Å². The Morgan fingerprint density at radius 3 is 2.55 bits per heavy atom. The number of hydrazone groups is 1. The van der Waals surface area contributed by atoms with E-state index in [-0.39, 0.29) is 17.4 Å². The average molecular weight is 478 g/mol. The van der Waals surface area contributed by atoms with Gasteiger partial charge in [0.1, 0.15) is 5.75 Å². The molecular weight excluding hydrogens is 458 g/mol. The van der Waals surface area contributed by atoms with Crippen LogP contribution in [-0.4, -0.2) is 37.7 Å². The van der Waals surface area contributed by atoms with Gasteiger partial charge in [0.05, 0.1) is 12.0 Å². The van der Waals surface area contributed by atoms with E-state index in [4.69, 9.17) is 11.6 Å². The molecule has 0 atom stereocenters. The molecule has 0 spiro atoms. The van der Waals surface area contributed by atoms with E-state index in [2.05, 4.69) is 20.7 Å². The molecule has 1 amide bonds. The molecule has 0 saturated heterocycles. The number of thioether (sulfide) groups is 1. The number of aryl methyl sites for hydroxylation is 1. The van der Waals surface area contributed by atoms with E-state index in [1.807, 2.05) is 47.9 Å². The number of nitrogens with zero attached hydrogens (tertiary/aromatic N) is 4. The summed E-state index contributed by atoms with van der Waals surface area (Å²) in [5.41, 5.74) is 5.86. The number of hydrogen-bond donors (Lipinski definition) is 2. The van der Waals surface area contributed by atoms with Crippen LogP contribution in [0.25, 0.3) is 17.1 Å². The van der Waals surface area contributed by atoms with Gasteiger partial charge in [-0.25, -0.2) is 5.43 Å². The molecule has 1 aromatic heterocycles. The van der Waals surface area contributed by atoms with Gasteiger partial charge in [-0.2, -0.15) is 5.10 Å². The molecule has 7 nitrogen and oxygen atoms in total.